The Morgan fingerprint density at radius 1 is 1.42 bits per heavy atom. The minimum Gasteiger partial charge on any atom is -0.441 e. The number of hydrogen-bond acceptors (Lipinski definition) is 6. The van der Waals surface area contributed by atoms with E-state index < -0.39 is 0 Å². The van der Waals surface area contributed by atoms with Crippen LogP contribution in [0, 0.1) is 18.3 Å². The number of nitriles is 1. The van der Waals surface area contributed by atoms with Crippen molar-refractivity contribution >= 4 is 16.7 Å². The zero-order valence-corrected chi connectivity index (χ0v) is 14.8. The lowest BCUT2D eigenvalue weighted by molar-refractivity contribution is 0.221. The quantitative estimate of drug-likeness (QED) is 0.733. The van der Waals surface area contributed by atoms with Crippen molar-refractivity contribution in [2.45, 2.75) is 32.2 Å². The fraction of sp³-hybridized carbons (Fsp3) is 0.421. The van der Waals surface area contributed by atoms with Crippen molar-refractivity contribution in [2.75, 3.05) is 25.0 Å². The molecule has 1 aliphatic rings. The number of rotatable bonds is 5. The van der Waals surface area contributed by atoms with Crippen LogP contribution in [-0.2, 0) is 0 Å². The molecule has 1 unspecified atom stereocenters. The smallest absolute Gasteiger partial charge is 0.229 e. The fourth-order valence-electron chi connectivity index (χ4n) is 3.59. The van der Waals surface area contributed by atoms with Crippen molar-refractivity contribution < 1.29 is 4.42 Å². The Labute approximate surface area is 152 Å². The van der Waals surface area contributed by atoms with Crippen LogP contribution >= 0.6 is 0 Å². The van der Waals surface area contributed by atoms with Crippen molar-refractivity contribution in [3.05, 3.63) is 30.4 Å². The first-order valence-corrected chi connectivity index (χ1v) is 8.99. The molecule has 0 aliphatic carbocycles. The van der Waals surface area contributed by atoms with E-state index in [0.717, 1.165) is 60.5 Å². The number of aromatic amines is 1. The third kappa shape index (κ3) is 3.28. The number of aryl methyl sites for hydroxylation is 1. The van der Waals surface area contributed by atoms with Crippen LogP contribution in [0.3, 0.4) is 0 Å². The van der Waals surface area contributed by atoms with Gasteiger partial charge in [0.1, 0.15) is 11.4 Å². The van der Waals surface area contributed by atoms with E-state index in [-0.39, 0.29) is 0 Å². The third-order valence-electron chi connectivity index (χ3n) is 4.83. The summed E-state index contributed by atoms with van der Waals surface area (Å²) in [6, 6.07) is 4.58. The Kier molecular flexibility index (Phi) is 4.59. The molecule has 134 valence electrons. The SMILES string of the molecule is Cc1cnc(-c2cnc3[nH]ccc3c2NC2CCCN(CCC#N)C2)o1. The van der Waals surface area contributed by atoms with Crippen LogP contribution in [0.2, 0.25) is 0 Å². The Morgan fingerprint density at radius 3 is 3.15 bits per heavy atom. The van der Waals surface area contributed by atoms with Gasteiger partial charge in [0.2, 0.25) is 5.89 Å². The molecule has 4 rings (SSSR count). The largest absolute Gasteiger partial charge is 0.441 e. The molecule has 3 aromatic heterocycles. The summed E-state index contributed by atoms with van der Waals surface area (Å²) in [5.74, 6) is 1.36. The number of piperidine rings is 1. The molecule has 1 aliphatic heterocycles. The first kappa shape index (κ1) is 16.6. The van der Waals surface area contributed by atoms with Gasteiger partial charge in [0.15, 0.2) is 0 Å². The lowest BCUT2D eigenvalue weighted by Gasteiger charge is -2.33. The lowest BCUT2D eigenvalue weighted by Crippen LogP contribution is -2.42. The molecule has 0 saturated carbocycles. The molecule has 1 saturated heterocycles. The zero-order chi connectivity index (χ0) is 17.9. The van der Waals surface area contributed by atoms with Gasteiger partial charge in [-0.2, -0.15) is 5.26 Å². The van der Waals surface area contributed by atoms with E-state index in [4.69, 9.17) is 9.68 Å². The summed E-state index contributed by atoms with van der Waals surface area (Å²) in [5, 5.41) is 13.6. The van der Waals surface area contributed by atoms with E-state index in [1.165, 1.54) is 0 Å². The van der Waals surface area contributed by atoms with E-state index in [1.54, 1.807) is 6.20 Å². The first-order valence-electron chi connectivity index (χ1n) is 8.99. The highest BCUT2D eigenvalue weighted by molar-refractivity contribution is 5.97. The summed E-state index contributed by atoms with van der Waals surface area (Å²) in [5.41, 5.74) is 2.72. The van der Waals surface area contributed by atoms with Gasteiger partial charge in [0.25, 0.3) is 0 Å². The second kappa shape index (κ2) is 7.18. The van der Waals surface area contributed by atoms with Gasteiger partial charge < -0.3 is 19.6 Å². The number of aromatic nitrogens is 3. The van der Waals surface area contributed by atoms with Gasteiger partial charge in [-0.1, -0.05) is 0 Å². The molecule has 7 heteroatoms. The average Bonchev–Trinajstić information content (AvgIpc) is 3.29. The average molecular weight is 350 g/mol. The van der Waals surface area contributed by atoms with Crippen LogP contribution in [0.25, 0.3) is 22.5 Å². The van der Waals surface area contributed by atoms with Crippen molar-refractivity contribution in [1.82, 2.24) is 19.9 Å². The standard InChI is InChI=1S/C19H22N6O/c1-13-10-23-19(26-13)16-11-22-18-15(5-7-21-18)17(16)24-14-4-2-8-25(12-14)9-3-6-20/h5,7,10-11,14H,2-4,8-9,12H2,1H3,(H2,21,22,24). The van der Waals surface area contributed by atoms with Crippen LogP contribution in [0.15, 0.2) is 29.1 Å². The van der Waals surface area contributed by atoms with E-state index in [2.05, 4.69) is 31.2 Å². The predicted octanol–water partition coefficient (Wildman–Crippen LogP) is 3.32. The summed E-state index contributed by atoms with van der Waals surface area (Å²) in [6.45, 7) is 4.71. The van der Waals surface area contributed by atoms with Crippen LogP contribution in [0.1, 0.15) is 25.0 Å². The number of nitrogens with zero attached hydrogens (tertiary/aromatic N) is 4. The van der Waals surface area contributed by atoms with Gasteiger partial charge in [-0.15, -0.1) is 0 Å². The summed E-state index contributed by atoms with van der Waals surface area (Å²) in [6.07, 6.45) is 8.23. The van der Waals surface area contributed by atoms with Crippen LogP contribution in [-0.4, -0.2) is 45.5 Å². The number of oxazole rings is 1. The first-order chi connectivity index (χ1) is 12.7. The Balaban J connectivity index is 1.64. The molecule has 26 heavy (non-hydrogen) atoms. The van der Waals surface area contributed by atoms with Crippen LogP contribution in [0.5, 0.6) is 0 Å². The summed E-state index contributed by atoms with van der Waals surface area (Å²) in [4.78, 5) is 14.4. The molecule has 3 aromatic rings. The number of hydrogen-bond donors (Lipinski definition) is 2. The molecule has 7 nitrogen and oxygen atoms in total. The van der Waals surface area contributed by atoms with Gasteiger partial charge in [-0.05, 0) is 32.4 Å². The van der Waals surface area contributed by atoms with E-state index in [1.807, 2.05) is 25.4 Å². The highest BCUT2D eigenvalue weighted by Gasteiger charge is 2.23. The lowest BCUT2D eigenvalue weighted by atomic mass is 10.0. The molecule has 4 heterocycles. The normalized spacial score (nSPS) is 18.1. The van der Waals surface area contributed by atoms with E-state index in [9.17, 15) is 0 Å². The molecule has 2 N–H and O–H groups in total. The molecule has 1 atom stereocenters. The summed E-state index contributed by atoms with van der Waals surface area (Å²) < 4.78 is 5.75. The summed E-state index contributed by atoms with van der Waals surface area (Å²) in [7, 11) is 0. The predicted molar refractivity (Wildman–Crippen MR) is 99.6 cm³/mol. The van der Waals surface area contributed by atoms with Gasteiger partial charge in [-0.25, -0.2) is 9.97 Å². The van der Waals surface area contributed by atoms with Crippen molar-refractivity contribution in [2.24, 2.45) is 0 Å². The third-order valence-corrected chi connectivity index (χ3v) is 4.83. The van der Waals surface area contributed by atoms with Crippen molar-refractivity contribution in [1.29, 1.82) is 5.26 Å². The molecule has 0 bridgehead atoms. The van der Waals surface area contributed by atoms with Gasteiger partial charge in [-0.3, -0.25) is 0 Å². The minimum absolute atomic E-state index is 0.317. The molecule has 1 fully saturated rings. The second-order valence-electron chi connectivity index (χ2n) is 6.76. The monoisotopic (exact) mass is 350 g/mol. The topological polar surface area (TPSA) is 93.8 Å². The number of nitrogens with one attached hydrogen (secondary N) is 2. The molecular weight excluding hydrogens is 328 g/mol. The molecular formula is C19H22N6O. The molecule has 0 spiro atoms. The van der Waals surface area contributed by atoms with Crippen LogP contribution < -0.4 is 5.32 Å². The van der Waals surface area contributed by atoms with E-state index in [0.29, 0.717) is 18.4 Å². The van der Waals surface area contributed by atoms with Gasteiger partial charge >= 0.3 is 0 Å². The Morgan fingerprint density at radius 2 is 2.35 bits per heavy atom. The van der Waals surface area contributed by atoms with Crippen LogP contribution in [0.4, 0.5) is 5.69 Å². The maximum Gasteiger partial charge on any atom is 0.229 e. The van der Waals surface area contributed by atoms with Crippen molar-refractivity contribution in [3.8, 4) is 17.5 Å². The zero-order valence-electron chi connectivity index (χ0n) is 14.8. The summed E-state index contributed by atoms with van der Waals surface area (Å²) >= 11 is 0. The maximum absolute atomic E-state index is 8.84. The van der Waals surface area contributed by atoms with E-state index >= 15 is 0 Å². The number of anilines is 1. The number of H-pyrrole nitrogens is 1. The minimum atomic E-state index is 0.317. The Bertz CT molecular complexity index is 937. The Hall–Kier alpha value is -2.85. The number of fused-ring (bicyclic) bond motifs is 1. The molecule has 0 amide bonds. The molecule has 0 radical (unpaired) electrons. The fourth-order valence-corrected chi connectivity index (χ4v) is 3.59. The highest BCUT2D eigenvalue weighted by Crippen LogP contribution is 2.34. The number of likely N-dealkylation sites (tertiary alicyclic amines) is 1. The van der Waals surface area contributed by atoms with Gasteiger partial charge in [0, 0.05) is 43.3 Å². The van der Waals surface area contributed by atoms with Gasteiger partial charge in [0.05, 0.1) is 23.5 Å². The second-order valence-corrected chi connectivity index (χ2v) is 6.76. The van der Waals surface area contributed by atoms with Crippen molar-refractivity contribution in [3.63, 3.8) is 0 Å². The highest BCUT2D eigenvalue weighted by atomic mass is 16.4. The molecule has 0 aromatic carbocycles. The maximum atomic E-state index is 8.84. The number of pyridine rings is 1.